The van der Waals surface area contributed by atoms with Crippen LogP contribution in [-0.4, -0.2) is 73.2 Å². The van der Waals surface area contributed by atoms with Gasteiger partial charge in [-0.1, -0.05) is 54.6 Å². The number of nitrogens with one attached hydrogen (secondary N) is 1. The summed E-state index contributed by atoms with van der Waals surface area (Å²) in [5.41, 5.74) is 2.62. The minimum Gasteiger partial charge on any atom is -0.497 e. The van der Waals surface area contributed by atoms with Gasteiger partial charge in [0.25, 0.3) is 10.0 Å². The standard InChI is InChI=1S/C36H41N3O8S/c1-25-12-10-11-15-27(25)23-38(31(36(41)37-2)20-26-13-8-7-9-14-26)35(40)24-39(30-21-28(44-3)16-18-32(30)45-4)48(42,43)29-17-19-33(46-5)34(22-29)47-6/h7-19,21-22,31H,20,23-24H2,1-6H3,(H,37,41). The van der Waals surface area contributed by atoms with Crippen LogP contribution in [0.15, 0.2) is 95.9 Å². The monoisotopic (exact) mass is 675 g/mol. The van der Waals surface area contributed by atoms with Crippen LogP contribution in [-0.2, 0) is 32.6 Å². The first-order chi connectivity index (χ1) is 23.1. The summed E-state index contributed by atoms with van der Waals surface area (Å²) >= 11 is 0. The number of hydrogen-bond acceptors (Lipinski definition) is 8. The van der Waals surface area contributed by atoms with E-state index in [-0.39, 0.29) is 35.0 Å². The van der Waals surface area contributed by atoms with E-state index in [0.717, 1.165) is 21.0 Å². The highest BCUT2D eigenvalue weighted by Crippen LogP contribution is 2.38. The third-order valence-electron chi connectivity index (χ3n) is 8.00. The first-order valence-electron chi connectivity index (χ1n) is 15.1. The summed E-state index contributed by atoms with van der Waals surface area (Å²) in [5.74, 6) is 0.0359. The van der Waals surface area contributed by atoms with Gasteiger partial charge >= 0.3 is 0 Å². The summed E-state index contributed by atoms with van der Waals surface area (Å²) in [7, 11) is 2.73. The molecule has 12 heteroatoms. The summed E-state index contributed by atoms with van der Waals surface area (Å²) in [6.45, 7) is 1.29. The highest BCUT2D eigenvalue weighted by Gasteiger charge is 2.36. The van der Waals surface area contributed by atoms with Gasteiger partial charge in [0.1, 0.15) is 24.1 Å². The van der Waals surface area contributed by atoms with Gasteiger partial charge in [-0.05, 0) is 47.9 Å². The Balaban J connectivity index is 1.89. The van der Waals surface area contributed by atoms with Gasteiger partial charge in [-0.25, -0.2) is 8.42 Å². The highest BCUT2D eigenvalue weighted by atomic mass is 32.2. The molecule has 2 amide bonds. The number of aryl methyl sites for hydroxylation is 1. The fourth-order valence-electron chi connectivity index (χ4n) is 5.30. The van der Waals surface area contributed by atoms with Crippen LogP contribution < -0.4 is 28.6 Å². The van der Waals surface area contributed by atoms with E-state index in [9.17, 15) is 18.0 Å². The summed E-state index contributed by atoms with van der Waals surface area (Å²) in [5, 5.41) is 2.69. The molecule has 0 saturated heterocycles. The van der Waals surface area contributed by atoms with Crippen LogP contribution in [0, 0.1) is 6.92 Å². The maximum absolute atomic E-state index is 14.7. The van der Waals surface area contributed by atoms with Crippen LogP contribution in [0.4, 0.5) is 5.69 Å². The second kappa shape index (κ2) is 16.1. The fourth-order valence-corrected chi connectivity index (χ4v) is 6.73. The number of sulfonamides is 1. The average molecular weight is 676 g/mol. The molecule has 0 bridgehead atoms. The Labute approximate surface area is 282 Å². The summed E-state index contributed by atoms with van der Waals surface area (Å²) in [6, 6.07) is 24.7. The number of nitrogens with zero attached hydrogens (tertiary/aromatic N) is 2. The molecule has 0 heterocycles. The van der Waals surface area contributed by atoms with Crippen molar-refractivity contribution < 1.29 is 37.0 Å². The lowest BCUT2D eigenvalue weighted by Gasteiger charge is -2.34. The molecule has 254 valence electrons. The molecular weight excluding hydrogens is 634 g/mol. The van der Waals surface area contributed by atoms with E-state index >= 15 is 0 Å². The number of likely N-dealkylation sites (N-methyl/N-ethyl adjacent to an activating group) is 1. The Bertz CT molecular complexity index is 1830. The van der Waals surface area contributed by atoms with Crippen LogP contribution >= 0.6 is 0 Å². The topological polar surface area (TPSA) is 124 Å². The zero-order valence-corrected chi connectivity index (χ0v) is 28.7. The largest absolute Gasteiger partial charge is 0.497 e. The molecule has 1 atom stereocenters. The van der Waals surface area contributed by atoms with E-state index in [1.807, 2.05) is 61.5 Å². The van der Waals surface area contributed by atoms with Gasteiger partial charge in [0.15, 0.2) is 11.5 Å². The van der Waals surface area contributed by atoms with Crippen molar-refractivity contribution in [2.75, 3.05) is 46.3 Å². The van der Waals surface area contributed by atoms with Crippen molar-refractivity contribution >= 4 is 27.5 Å². The molecule has 48 heavy (non-hydrogen) atoms. The molecule has 0 fully saturated rings. The SMILES string of the molecule is CNC(=O)C(Cc1ccccc1)N(Cc1ccccc1C)C(=O)CN(c1cc(OC)ccc1OC)S(=O)(=O)c1ccc(OC)c(OC)c1. The molecule has 0 aromatic heterocycles. The second-order valence-electron chi connectivity index (χ2n) is 10.8. The molecule has 0 spiro atoms. The van der Waals surface area contributed by atoms with E-state index in [0.29, 0.717) is 11.5 Å². The Hall–Kier alpha value is -5.23. The van der Waals surface area contributed by atoms with E-state index in [1.165, 1.54) is 64.7 Å². The fraction of sp³-hybridized carbons (Fsp3) is 0.278. The number of rotatable bonds is 15. The maximum atomic E-state index is 14.7. The summed E-state index contributed by atoms with van der Waals surface area (Å²) in [6.07, 6.45) is 0.197. The normalized spacial score (nSPS) is 11.6. The lowest BCUT2D eigenvalue weighted by Crippen LogP contribution is -2.53. The molecule has 0 saturated carbocycles. The van der Waals surface area contributed by atoms with Crippen LogP contribution in [0.25, 0.3) is 0 Å². The van der Waals surface area contributed by atoms with E-state index < -0.39 is 34.4 Å². The third kappa shape index (κ3) is 8.00. The Morgan fingerprint density at radius 2 is 1.42 bits per heavy atom. The molecule has 0 radical (unpaired) electrons. The highest BCUT2D eigenvalue weighted by molar-refractivity contribution is 7.92. The second-order valence-corrected chi connectivity index (χ2v) is 12.7. The first kappa shape index (κ1) is 35.6. The van der Waals surface area contributed by atoms with Crippen molar-refractivity contribution in [2.24, 2.45) is 0 Å². The summed E-state index contributed by atoms with van der Waals surface area (Å²) in [4.78, 5) is 29.5. The quantitative estimate of drug-likeness (QED) is 0.194. The maximum Gasteiger partial charge on any atom is 0.265 e. The number of anilines is 1. The number of amides is 2. The predicted molar refractivity (Wildman–Crippen MR) is 183 cm³/mol. The van der Waals surface area contributed by atoms with Gasteiger partial charge in [-0.2, -0.15) is 0 Å². The van der Waals surface area contributed by atoms with Gasteiger partial charge in [0.2, 0.25) is 11.8 Å². The number of carbonyl (C=O) groups excluding carboxylic acids is 2. The lowest BCUT2D eigenvalue weighted by atomic mass is 10.0. The molecule has 4 rings (SSSR count). The predicted octanol–water partition coefficient (Wildman–Crippen LogP) is 4.61. The molecule has 0 aliphatic carbocycles. The molecule has 0 aliphatic rings. The van der Waals surface area contributed by atoms with Crippen LogP contribution in [0.3, 0.4) is 0 Å². The number of carbonyl (C=O) groups is 2. The Morgan fingerprint density at radius 1 is 0.771 bits per heavy atom. The van der Waals surface area contributed by atoms with E-state index in [2.05, 4.69) is 5.32 Å². The molecular formula is C36H41N3O8S. The van der Waals surface area contributed by atoms with E-state index in [4.69, 9.17) is 18.9 Å². The van der Waals surface area contributed by atoms with Gasteiger partial charge in [-0.3, -0.25) is 13.9 Å². The molecule has 11 nitrogen and oxygen atoms in total. The van der Waals surface area contributed by atoms with Crippen molar-refractivity contribution in [3.05, 3.63) is 108 Å². The zero-order valence-electron chi connectivity index (χ0n) is 27.9. The summed E-state index contributed by atoms with van der Waals surface area (Å²) < 4.78 is 51.8. The minimum atomic E-state index is -4.48. The van der Waals surface area contributed by atoms with Gasteiger partial charge in [0.05, 0.1) is 39.0 Å². The van der Waals surface area contributed by atoms with Gasteiger partial charge < -0.3 is 29.2 Å². The van der Waals surface area contributed by atoms with Gasteiger partial charge in [-0.15, -0.1) is 0 Å². The zero-order chi connectivity index (χ0) is 34.8. The average Bonchev–Trinajstić information content (AvgIpc) is 3.11. The van der Waals surface area contributed by atoms with Crippen molar-refractivity contribution in [1.29, 1.82) is 0 Å². The van der Waals surface area contributed by atoms with Crippen LogP contribution in [0.2, 0.25) is 0 Å². The van der Waals surface area contributed by atoms with Gasteiger partial charge in [0, 0.05) is 32.1 Å². The van der Waals surface area contributed by atoms with Crippen LogP contribution in [0.1, 0.15) is 16.7 Å². The molecule has 4 aromatic rings. The van der Waals surface area contributed by atoms with Crippen molar-refractivity contribution in [3.63, 3.8) is 0 Å². The van der Waals surface area contributed by atoms with Crippen molar-refractivity contribution in [2.45, 2.75) is 30.8 Å². The minimum absolute atomic E-state index is 0.0515. The molecule has 4 aromatic carbocycles. The third-order valence-corrected chi connectivity index (χ3v) is 9.75. The number of ether oxygens (including phenoxy) is 4. The van der Waals surface area contributed by atoms with E-state index in [1.54, 1.807) is 12.1 Å². The smallest absolute Gasteiger partial charge is 0.265 e. The number of benzene rings is 4. The van der Waals surface area contributed by atoms with Crippen molar-refractivity contribution in [1.82, 2.24) is 10.2 Å². The molecule has 1 unspecified atom stereocenters. The molecule has 1 N–H and O–H groups in total. The Kier molecular flexibility index (Phi) is 11.9. The van der Waals surface area contributed by atoms with Crippen LogP contribution in [0.5, 0.6) is 23.0 Å². The first-order valence-corrected chi connectivity index (χ1v) is 16.6. The molecule has 0 aliphatic heterocycles. The Morgan fingerprint density at radius 3 is 2.04 bits per heavy atom. The van der Waals surface area contributed by atoms with Crippen molar-refractivity contribution in [3.8, 4) is 23.0 Å². The lowest BCUT2D eigenvalue weighted by molar-refractivity contribution is -0.139. The number of methoxy groups -OCH3 is 4. The number of hydrogen-bond donors (Lipinski definition) is 1.